The van der Waals surface area contributed by atoms with E-state index in [0.29, 0.717) is 23.8 Å². The second-order valence-corrected chi connectivity index (χ2v) is 4.42. The lowest BCUT2D eigenvalue weighted by Crippen LogP contribution is -2.29. The van der Waals surface area contributed by atoms with Gasteiger partial charge in [0.15, 0.2) is 0 Å². The smallest absolute Gasteiger partial charge is 0.337 e. The average molecular weight is 267 g/mol. The highest BCUT2D eigenvalue weighted by Gasteiger charge is 2.19. The maximum atomic E-state index is 11.2. The fourth-order valence-corrected chi connectivity index (χ4v) is 2.05. The molecule has 0 bridgehead atoms. The summed E-state index contributed by atoms with van der Waals surface area (Å²) in [5.41, 5.74) is 0.644. The predicted octanol–water partition coefficient (Wildman–Crippen LogP) is 3.02. The van der Waals surface area contributed by atoms with Gasteiger partial charge in [-0.1, -0.05) is 17.7 Å². The zero-order chi connectivity index (χ0) is 13.7. The van der Waals surface area contributed by atoms with Crippen molar-refractivity contribution in [3.63, 3.8) is 0 Å². The molecule has 1 aromatic carbocycles. The van der Waals surface area contributed by atoms with Crippen molar-refractivity contribution in [3.05, 3.63) is 28.8 Å². The minimum Gasteiger partial charge on any atom is -0.478 e. The fourth-order valence-electron chi connectivity index (χ4n) is 1.76. The van der Waals surface area contributed by atoms with Crippen LogP contribution in [-0.4, -0.2) is 24.2 Å². The number of hydrogen-bond donors (Lipinski definition) is 1. The molecule has 4 nitrogen and oxygen atoms in total. The maximum absolute atomic E-state index is 11.2. The van der Waals surface area contributed by atoms with Crippen LogP contribution >= 0.6 is 11.6 Å². The van der Waals surface area contributed by atoms with E-state index >= 15 is 0 Å². The first-order valence-electron chi connectivity index (χ1n) is 5.67. The summed E-state index contributed by atoms with van der Waals surface area (Å²) in [5, 5.41) is 18.4. The highest BCUT2D eigenvalue weighted by Crippen LogP contribution is 2.30. The third-order valence-corrected chi connectivity index (χ3v) is 2.93. The Morgan fingerprint density at radius 2 is 2.28 bits per heavy atom. The number of aromatic carboxylic acids is 1. The third-order valence-electron chi connectivity index (χ3n) is 2.63. The van der Waals surface area contributed by atoms with Gasteiger partial charge in [-0.3, -0.25) is 0 Å². The molecular formula is C13H15ClN2O2. The van der Waals surface area contributed by atoms with Crippen LogP contribution in [0.5, 0.6) is 0 Å². The number of carboxylic acids is 1. The van der Waals surface area contributed by atoms with Gasteiger partial charge in [0.1, 0.15) is 0 Å². The molecule has 0 aromatic heterocycles. The molecule has 0 aliphatic heterocycles. The van der Waals surface area contributed by atoms with Gasteiger partial charge in [0.05, 0.1) is 28.3 Å². The lowest BCUT2D eigenvalue weighted by atomic mass is 10.1. The van der Waals surface area contributed by atoms with E-state index in [4.69, 9.17) is 16.9 Å². The van der Waals surface area contributed by atoms with Crippen LogP contribution < -0.4 is 4.90 Å². The largest absolute Gasteiger partial charge is 0.478 e. The van der Waals surface area contributed by atoms with E-state index in [0.717, 1.165) is 0 Å². The molecule has 0 spiro atoms. The summed E-state index contributed by atoms with van der Waals surface area (Å²) in [6.07, 6.45) is 0. The molecule has 18 heavy (non-hydrogen) atoms. The van der Waals surface area contributed by atoms with E-state index < -0.39 is 5.97 Å². The number of nitrogens with zero attached hydrogens (tertiary/aromatic N) is 2. The van der Waals surface area contributed by atoms with Crippen LogP contribution in [0.2, 0.25) is 5.02 Å². The molecule has 0 radical (unpaired) electrons. The molecule has 1 aromatic rings. The van der Waals surface area contributed by atoms with Gasteiger partial charge in [0.25, 0.3) is 0 Å². The molecule has 0 saturated carbocycles. The molecule has 1 rings (SSSR count). The van der Waals surface area contributed by atoms with Crippen LogP contribution in [0.25, 0.3) is 0 Å². The number of hydrogen-bond acceptors (Lipinski definition) is 3. The van der Waals surface area contributed by atoms with Crippen LogP contribution in [0.3, 0.4) is 0 Å². The van der Waals surface area contributed by atoms with Crippen LogP contribution in [0.4, 0.5) is 5.69 Å². The van der Waals surface area contributed by atoms with Crippen molar-refractivity contribution < 1.29 is 9.90 Å². The minimum absolute atomic E-state index is 0.162. The van der Waals surface area contributed by atoms with Gasteiger partial charge < -0.3 is 10.0 Å². The molecule has 1 unspecified atom stereocenters. The lowest BCUT2D eigenvalue weighted by molar-refractivity contribution is 0.0697. The number of para-hydroxylation sites is 1. The highest BCUT2D eigenvalue weighted by molar-refractivity contribution is 6.34. The SMILES string of the molecule is CCN(CC(C)C#N)c1c(Cl)cccc1C(=O)O. The average Bonchev–Trinajstić information content (AvgIpc) is 2.35. The van der Waals surface area contributed by atoms with Crippen molar-refractivity contribution in [1.82, 2.24) is 0 Å². The van der Waals surface area contributed by atoms with Gasteiger partial charge in [-0.15, -0.1) is 0 Å². The first-order chi connectivity index (χ1) is 8.51. The molecule has 0 aliphatic rings. The Hall–Kier alpha value is -1.73. The van der Waals surface area contributed by atoms with Gasteiger partial charge in [-0.05, 0) is 26.0 Å². The molecule has 96 valence electrons. The molecule has 1 atom stereocenters. The molecule has 0 fully saturated rings. The van der Waals surface area contributed by atoms with Crippen LogP contribution in [0.1, 0.15) is 24.2 Å². The molecule has 0 amide bonds. The summed E-state index contributed by atoms with van der Waals surface area (Å²) in [6, 6.07) is 6.92. The Bertz CT molecular complexity index is 482. The van der Waals surface area contributed by atoms with E-state index in [1.54, 1.807) is 19.1 Å². The fraction of sp³-hybridized carbons (Fsp3) is 0.385. The normalized spacial score (nSPS) is 11.7. The summed E-state index contributed by atoms with van der Waals surface area (Å²) in [4.78, 5) is 13.0. The molecule has 0 aliphatic carbocycles. The van der Waals surface area contributed by atoms with Crippen LogP contribution in [-0.2, 0) is 0 Å². The number of carbonyl (C=O) groups is 1. The zero-order valence-corrected chi connectivity index (χ0v) is 11.1. The Morgan fingerprint density at radius 1 is 1.61 bits per heavy atom. The van der Waals surface area contributed by atoms with Crippen molar-refractivity contribution in [2.24, 2.45) is 5.92 Å². The van der Waals surface area contributed by atoms with Crippen LogP contribution in [0.15, 0.2) is 18.2 Å². The number of anilines is 1. The number of rotatable bonds is 5. The summed E-state index contributed by atoms with van der Waals surface area (Å²) in [7, 11) is 0. The van der Waals surface area contributed by atoms with Gasteiger partial charge in [-0.2, -0.15) is 5.26 Å². The van der Waals surface area contributed by atoms with E-state index in [2.05, 4.69) is 6.07 Å². The van der Waals surface area contributed by atoms with Crippen molar-refractivity contribution in [3.8, 4) is 6.07 Å². The Balaban J connectivity index is 3.20. The summed E-state index contributed by atoms with van der Waals surface area (Å²) in [6.45, 7) is 4.74. The third kappa shape index (κ3) is 3.14. The Labute approximate surface area is 111 Å². The Morgan fingerprint density at radius 3 is 2.78 bits per heavy atom. The van der Waals surface area contributed by atoms with Crippen LogP contribution in [0, 0.1) is 17.2 Å². The highest BCUT2D eigenvalue weighted by atomic mass is 35.5. The van der Waals surface area contributed by atoms with E-state index in [1.165, 1.54) is 6.07 Å². The standard InChI is InChI=1S/C13H15ClN2O2/c1-3-16(8-9(2)7-15)12-10(13(17)18)5-4-6-11(12)14/h4-6,9H,3,8H2,1-2H3,(H,17,18). The molecule has 0 heterocycles. The topological polar surface area (TPSA) is 64.3 Å². The van der Waals surface area contributed by atoms with Gasteiger partial charge in [0.2, 0.25) is 0 Å². The number of benzene rings is 1. The molecular weight excluding hydrogens is 252 g/mol. The monoisotopic (exact) mass is 266 g/mol. The second kappa shape index (κ2) is 6.27. The number of carboxylic acid groups (broad SMARTS) is 1. The van der Waals surface area contributed by atoms with Crippen molar-refractivity contribution in [2.75, 3.05) is 18.0 Å². The van der Waals surface area contributed by atoms with Gasteiger partial charge >= 0.3 is 5.97 Å². The minimum atomic E-state index is -1.02. The Kier molecular flexibility index (Phi) is 4.99. The van der Waals surface area contributed by atoms with Crippen molar-refractivity contribution in [2.45, 2.75) is 13.8 Å². The zero-order valence-electron chi connectivity index (χ0n) is 10.4. The van der Waals surface area contributed by atoms with Gasteiger partial charge in [-0.25, -0.2) is 4.79 Å². The summed E-state index contributed by atoms with van der Waals surface area (Å²) in [5.74, 6) is -1.21. The van der Waals surface area contributed by atoms with Crippen molar-refractivity contribution >= 4 is 23.3 Å². The first kappa shape index (κ1) is 14.3. The van der Waals surface area contributed by atoms with E-state index in [-0.39, 0.29) is 11.5 Å². The lowest BCUT2D eigenvalue weighted by Gasteiger charge is -2.26. The summed E-state index contributed by atoms with van der Waals surface area (Å²) < 4.78 is 0. The van der Waals surface area contributed by atoms with E-state index in [9.17, 15) is 9.90 Å². The number of halogens is 1. The summed E-state index contributed by atoms with van der Waals surface area (Å²) >= 11 is 6.09. The molecule has 0 saturated heterocycles. The van der Waals surface area contributed by atoms with E-state index in [1.807, 2.05) is 11.8 Å². The first-order valence-corrected chi connectivity index (χ1v) is 6.05. The number of nitriles is 1. The quantitative estimate of drug-likeness (QED) is 0.890. The predicted molar refractivity (Wildman–Crippen MR) is 71.1 cm³/mol. The van der Waals surface area contributed by atoms with Crippen molar-refractivity contribution in [1.29, 1.82) is 5.26 Å². The molecule has 5 heteroatoms. The molecule has 1 N–H and O–H groups in total. The maximum Gasteiger partial charge on any atom is 0.337 e. The second-order valence-electron chi connectivity index (χ2n) is 4.01. The van der Waals surface area contributed by atoms with Gasteiger partial charge in [0, 0.05) is 13.1 Å².